The molecule has 2 aromatic carbocycles. The molecule has 0 fully saturated rings. The number of methoxy groups -OCH3 is 1. The molecule has 0 unspecified atom stereocenters. The van der Waals surface area contributed by atoms with Crippen LogP contribution in [-0.4, -0.2) is 39.9 Å². The standard InChI is InChI=1S/C24H20N6O4S2/c1-29-24(31)20(23-27-26-22(35-23)17-6-4-3-5-7-17)21-25-14-18(15-30(21)29)28-36(32,33)13-12-16-8-10-19(34-2)11-9-16/h3-15,28H,1-2H3/b13-12+. The Kier molecular flexibility index (Phi) is 6.12. The smallest absolute Gasteiger partial charge is 0.279 e. The van der Waals surface area contributed by atoms with Crippen molar-refractivity contribution in [3.8, 4) is 26.9 Å². The van der Waals surface area contributed by atoms with Crippen molar-refractivity contribution in [2.75, 3.05) is 11.8 Å². The first-order valence-corrected chi connectivity index (χ1v) is 13.0. The zero-order valence-electron chi connectivity index (χ0n) is 19.2. The van der Waals surface area contributed by atoms with Gasteiger partial charge < -0.3 is 4.74 Å². The molecule has 3 aromatic heterocycles. The zero-order chi connectivity index (χ0) is 25.3. The summed E-state index contributed by atoms with van der Waals surface area (Å²) in [6, 6.07) is 16.5. The summed E-state index contributed by atoms with van der Waals surface area (Å²) in [7, 11) is -0.706. The number of nitrogens with zero attached hydrogens (tertiary/aromatic N) is 5. The summed E-state index contributed by atoms with van der Waals surface area (Å²) in [6.07, 6.45) is 4.32. The Morgan fingerprint density at radius 3 is 2.47 bits per heavy atom. The maximum absolute atomic E-state index is 13.0. The lowest BCUT2D eigenvalue weighted by Gasteiger charge is -2.06. The summed E-state index contributed by atoms with van der Waals surface area (Å²) in [5.74, 6) is 0.675. The molecule has 0 aliphatic rings. The van der Waals surface area contributed by atoms with Gasteiger partial charge in [-0.2, -0.15) is 0 Å². The second-order valence-corrected chi connectivity index (χ2v) is 10.3. The van der Waals surface area contributed by atoms with Crippen molar-refractivity contribution in [2.45, 2.75) is 0 Å². The fourth-order valence-electron chi connectivity index (χ4n) is 3.52. The largest absolute Gasteiger partial charge is 0.497 e. The van der Waals surface area contributed by atoms with Crippen LogP contribution in [0.3, 0.4) is 0 Å². The highest BCUT2D eigenvalue weighted by atomic mass is 32.2. The van der Waals surface area contributed by atoms with Crippen molar-refractivity contribution in [1.82, 2.24) is 24.4 Å². The van der Waals surface area contributed by atoms with Crippen molar-refractivity contribution < 1.29 is 13.2 Å². The Morgan fingerprint density at radius 1 is 1.03 bits per heavy atom. The quantitative estimate of drug-likeness (QED) is 0.348. The molecule has 36 heavy (non-hydrogen) atoms. The van der Waals surface area contributed by atoms with Gasteiger partial charge in [0, 0.05) is 12.6 Å². The van der Waals surface area contributed by atoms with E-state index in [4.69, 9.17) is 4.74 Å². The molecule has 0 bridgehead atoms. The SMILES string of the molecule is COc1ccc(/C=C/S(=O)(=O)Nc2cnc3c(-c4nnc(-c5ccccc5)s4)c(=O)n(C)n3c2)cc1. The Hall–Kier alpha value is -4.29. The number of ether oxygens (including phenoxy) is 1. The van der Waals surface area contributed by atoms with E-state index in [9.17, 15) is 13.2 Å². The fourth-order valence-corrected chi connectivity index (χ4v) is 5.24. The maximum Gasteiger partial charge on any atom is 0.279 e. The number of nitrogens with one attached hydrogen (secondary N) is 1. The molecule has 10 nitrogen and oxygen atoms in total. The third-order valence-corrected chi connectivity index (χ3v) is 7.34. The fraction of sp³-hybridized carbons (Fsp3) is 0.0833. The Labute approximate surface area is 210 Å². The predicted octanol–water partition coefficient (Wildman–Crippen LogP) is 3.64. The van der Waals surface area contributed by atoms with Crippen molar-refractivity contribution in [3.63, 3.8) is 0 Å². The number of hydrogen-bond acceptors (Lipinski definition) is 8. The van der Waals surface area contributed by atoms with Crippen molar-refractivity contribution >= 4 is 38.8 Å². The van der Waals surface area contributed by atoms with Gasteiger partial charge in [0.25, 0.3) is 15.6 Å². The van der Waals surface area contributed by atoms with Crippen LogP contribution in [-0.2, 0) is 17.1 Å². The minimum absolute atomic E-state index is 0.196. The molecule has 0 amide bonds. The first-order chi connectivity index (χ1) is 17.3. The van der Waals surface area contributed by atoms with Crippen LogP contribution in [0.1, 0.15) is 5.56 Å². The van der Waals surface area contributed by atoms with E-state index in [0.717, 1.165) is 11.0 Å². The third-order valence-electron chi connectivity index (χ3n) is 5.33. The summed E-state index contributed by atoms with van der Waals surface area (Å²) in [4.78, 5) is 17.4. The molecule has 0 aliphatic heterocycles. The average Bonchev–Trinajstić information content (AvgIpc) is 3.46. The van der Waals surface area contributed by atoms with E-state index in [2.05, 4.69) is 19.9 Å². The maximum atomic E-state index is 13.0. The van der Waals surface area contributed by atoms with Gasteiger partial charge in [-0.05, 0) is 23.8 Å². The minimum atomic E-state index is -3.84. The van der Waals surface area contributed by atoms with Crippen LogP contribution < -0.4 is 15.0 Å². The number of hydrogen-bond donors (Lipinski definition) is 1. The van der Waals surface area contributed by atoms with Gasteiger partial charge in [0.2, 0.25) is 0 Å². The van der Waals surface area contributed by atoms with Gasteiger partial charge in [-0.3, -0.25) is 9.52 Å². The highest BCUT2D eigenvalue weighted by Gasteiger charge is 2.21. The van der Waals surface area contributed by atoms with Gasteiger partial charge in [0.05, 0.1) is 30.6 Å². The summed E-state index contributed by atoms with van der Waals surface area (Å²) < 4.78 is 35.6. The first-order valence-electron chi connectivity index (χ1n) is 10.7. The molecule has 5 rings (SSSR count). The minimum Gasteiger partial charge on any atom is -0.497 e. The average molecular weight is 521 g/mol. The van der Waals surface area contributed by atoms with Crippen LogP contribution in [0.2, 0.25) is 0 Å². The number of aromatic nitrogens is 5. The van der Waals surface area contributed by atoms with Crippen molar-refractivity contribution in [3.05, 3.63) is 88.3 Å². The monoisotopic (exact) mass is 520 g/mol. The Balaban J connectivity index is 1.43. The normalized spacial score (nSPS) is 11.8. The lowest BCUT2D eigenvalue weighted by molar-refractivity contribution is 0.415. The van der Waals surface area contributed by atoms with E-state index >= 15 is 0 Å². The molecule has 1 N–H and O–H groups in total. The lowest BCUT2D eigenvalue weighted by atomic mass is 10.2. The summed E-state index contributed by atoms with van der Waals surface area (Å²) in [5.41, 5.74) is 2.10. The summed E-state index contributed by atoms with van der Waals surface area (Å²) >= 11 is 1.28. The predicted molar refractivity (Wildman–Crippen MR) is 139 cm³/mol. The molecular weight excluding hydrogens is 500 g/mol. The molecule has 5 aromatic rings. The van der Waals surface area contributed by atoms with Gasteiger partial charge >= 0.3 is 0 Å². The third kappa shape index (κ3) is 4.63. The molecule has 0 atom stereocenters. The Bertz CT molecular complexity index is 1740. The van der Waals surface area contributed by atoms with E-state index < -0.39 is 10.0 Å². The van der Waals surface area contributed by atoms with E-state index in [1.54, 1.807) is 38.4 Å². The molecule has 12 heteroatoms. The van der Waals surface area contributed by atoms with Crippen LogP contribution in [0, 0.1) is 0 Å². The van der Waals surface area contributed by atoms with Gasteiger partial charge in [-0.25, -0.2) is 22.6 Å². The molecule has 0 spiro atoms. The number of anilines is 1. The van der Waals surface area contributed by atoms with Crippen LogP contribution in [0.4, 0.5) is 5.69 Å². The van der Waals surface area contributed by atoms with Crippen LogP contribution in [0.5, 0.6) is 5.75 Å². The van der Waals surface area contributed by atoms with Crippen LogP contribution in [0.15, 0.2) is 77.2 Å². The second-order valence-electron chi connectivity index (χ2n) is 7.72. The van der Waals surface area contributed by atoms with Gasteiger partial charge in [0.15, 0.2) is 10.7 Å². The van der Waals surface area contributed by atoms with E-state index in [-0.39, 0.29) is 11.2 Å². The highest BCUT2D eigenvalue weighted by molar-refractivity contribution is 7.95. The molecule has 0 saturated carbocycles. The number of benzene rings is 2. The van der Waals surface area contributed by atoms with E-state index in [1.807, 2.05) is 30.3 Å². The molecule has 0 aliphatic carbocycles. The van der Waals surface area contributed by atoms with Crippen molar-refractivity contribution in [1.29, 1.82) is 0 Å². The topological polar surface area (TPSA) is 120 Å². The number of aryl methyl sites for hydroxylation is 1. The lowest BCUT2D eigenvalue weighted by Crippen LogP contribution is -2.16. The molecule has 0 saturated heterocycles. The van der Waals surface area contributed by atoms with Crippen LogP contribution in [0.25, 0.3) is 32.9 Å². The van der Waals surface area contributed by atoms with Gasteiger partial charge in [-0.1, -0.05) is 53.8 Å². The van der Waals surface area contributed by atoms with E-state index in [0.29, 0.717) is 32.5 Å². The second kappa shape index (κ2) is 9.40. The zero-order valence-corrected chi connectivity index (χ0v) is 20.8. The summed E-state index contributed by atoms with van der Waals surface area (Å²) in [6.45, 7) is 0. The highest BCUT2D eigenvalue weighted by Crippen LogP contribution is 2.30. The molecule has 0 radical (unpaired) electrons. The number of sulfonamides is 1. The van der Waals surface area contributed by atoms with Crippen molar-refractivity contribution in [2.24, 2.45) is 7.05 Å². The molecule has 182 valence electrons. The number of fused-ring (bicyclic) bond motifs is 1. The number of rotatable bonds is 7. The van der Waals surface area contributed by atoms with Gasteiger partial charge in [0.1, 0.15) is 16.3 Å². The first kappa shape index (κ1) is 23.5. The van der Waals surface area contributed by atoms with Gasteiger partial charge in [-0.15, -0.1) is 10.2 Å². The van der Waals surface area contributed by atoms with E-state index in [1.165, 1.54) is 39.0 Å². The van der Waals surface area contributed by atoms with Crippen LogP contribution >= 0.6 is 11.3 Å². The molecule has 3 heterocycles. The Morgan fingerprint density at radius 2 is 1.75 bits per heavy atom. The molecular formula is C24H20N6O4S2. The summed E-state index contributed by atoms with van der Waals surface area (Å²) in [5, 5.41) is 10.6.